The molecule has 0 bridgehead atoms. The molecule has 0 saturated heterocycles. The highest BCUT2D eigenvalue weighted by atomic mass is 35.5. The van der Waals surface area contributed by atoms with Crippen LogP contribution in [0.1, 0.15) is 0 Å². The zero-order valence-electron chi connectivity index (χ0n) is 12.2. The summed E-state index contributed by atoms with van der Waals surface area (Å²) < 4.78 is 12.2. The van der Waals surface area contributed by atoms with Crippen molar-refractivity contribution in [2.24, 2.45) is 0 Å². The summed E-state index contributed by atoms with van der Waals surface area (Å²) in [7, 11) is -6.45. The number of hydrogen-bond donors (Lipinski definition) is 0. The highest BCUT2D eigenvalue weighted by Crippen LogP contribution is 2.26. The smallest absolute Gasteiger partial charge is 0.339 e. The van der Waals surface area contributed by atoms with Gasteiger partial charge in [0.15, 0.2) is 16.6 Å². The van der Waals surface area contributed by atoms with Gasteiger partial charge in [-0.25, -0.2) is 0 Å². The van der Waals surface area contributed by atoms with E-state index in [0.717, 1.165) is 0 Å². The lowest BCUT2D eigenvalue weighted by molar-refractivity contribution is -0.477. The molecule has 0 rings (SSSR count). The van der Waals surface area contributed by atoms with Crippen molar-refractivity contribution in [1.82, 2.24) is 0 Å². The summed E-state index contributed by atoms with van der Waals surface area (Å²) in [5, 5.41) is 9.98. The van der Waals surface area contributed by atoms with E-state index in [9.17, 15) is 10.1 Å². The predicted octanol–water partition coefficient (Wildman–Crippen LogP) is 3.18. The van der Waals surface area contributed by atoms with Crippen LogP contribution < -0.4 is 0 Å². The Labute approximate surface area is 117 Å². The van der Waals surface area contributed by atoms with Crippen LogP contribution in [0, 0.1) is 10.1 Å². The molecule has 0 aromatic rings. The van der Waals surface area contributed by atoms with Gasteiger partial charge in [0, 0.05) is 4.92 Å². The summed E-state index contributed by atoms with van der Waals surface area (Å²) in [5.74, 6) is 0. The second-order valence-electron chi connectivity index (χ2n) is 6.43. The van der Waals surface area contributed by atoms with Crippen LogP contribution >= 0.6 is 11.6 Å². The Morgan fingerprint density at radius 3 is 1.61 bits per heavy atom. The minimum atomic E-state index is -2.74. The van der Waals surface area contributed by atoms with Gasteiger partial charge >= 0.3 is 8.56 Å². The normalized spacial score (nSPS) is 15.6. The van der Waals surface area contributed by atoms with Crippen LogP contribution in [0.2, 0.25) is 45.8 Å². The Balaban J connectivity index is 5.08. The number of alkyl halides is 1. The van der Waals surface area contributed by atoms with Crippen molar-refractivity contribution in [3.8, 4) is 0 Å². The number of nitrogens with zero attached hydrogens (tertiary/aromatic N) is 1. The highest BCUT2D eigenvalue weighted by molar-refractivity contribution is 6.91. The average Bonchev–Trinajstić information content (AvgIpc) is 1.93. The zero-order valence-corrected chi connectivity index (χ0v) is 16.0. The maximum Gasteiger partial charge on any atom is 0.339 e. The molecule has 0 aromatic heterocycles. The molecule has 0 fully saturated rings. The van der Waals surface area contributed by atoms with Gasteiger partial charge in [-0.15, -0.1) is 11.6 Å². The van der Waals surface area contributed by atoms with Gasteiger partial charge < -0.3 is 8.23 Å². The highest BCUT2D eigenvalue weighted by Gasteiger charge is 2.48. The lowest BCUT2D eigenvalue weighted by Crippen LogP contribution is -2.59. The molecular weight excluding hydrogens is 306 g/mol. The second-order valence-corrected chi connectivity index (χ2v) is 20.1. The summed E-state index contributed by atoms with van der Waals surface area (Å²) in [6.45, 7) is 13.8. The zero-order chi connectivity index (χ0) is 14.8. The Hall–Kier alpha value is 0.261. The van der Waals surface area contributed by atoms with Crippen molar-refractivity contribution < 1.29 is 13.2 Å². The van der Waals surface area contributed by atoms with E-state index in [4.69, 9.17) is 19.8 Å². The molecule has 0 aliphatic heterocycles. The first-order chi connectivity index (χ1) is 7.75. The van der Waals surface area contributed by atoms with Crippen molar-refractivity contribution in [2.45, 2.75) is 50.8 Å². The maximum absolute atomic E-state index is 10.6. The molecule has 108 valence electrons. The van der Waals surface area contributed by atoms with Crippen molar-refractivity contribution in [3.05, 3.63) is 10.1 Å². The number of rotatable bonds is 7. The predicted molar refractivity (Wildman–Crippen MR) is 82.0 cm³/mol. The molecule has 0 N–H and O–H groups in total. The largest absolute Gasteiger partial charge is 0.436 e. The van der Waals surface area contributed by atoms with E-state index >= 15 is 0 Å². The van der Waals surface area contributed by atoms with Gasteiger partial charge in [-0.1, -0.05) is 0 Å². The van der Waals surface area contributed by atoms with E-state index in [-0.39, 0.29) is 6.54 Å². The first-order valence-corrected chi connectivity index (χ1v) is 15.6. The summed E-state index contributed by atoms with van der Waals surface area (Å²) in [6, 6.07) is 0. The Kier molecular flexibility index (Phi) is 6.23. The molecule has 0 radical (unpaired) electrons. The topological polar surface area (TPSA) is 61.6 Å². The van der Waals surface area contributed by atoms with E-state index in [0.29, 0.717) is 0 Å². The summed E-state index contributed by atoms with van der Waals surface area (Å²) in [4.78, 5) is 10.2. The van der Waals surface area contributed by atoms with Gasteiger partial charge in [-0.3, -0.25) is 10.1 Å². The van der Waals surface area contributed by atoms with Crippen LogP contribution in [0.4, 0.5) is 0 Å². The van der Waals surface area contributed by atoms with E-state index in [1.54, 1.807) is 0 Å². The molecule has 1 unspecified atom stereocenters. The van der Waals surface area contributed by atoms with Crippen LogP contribution in [-0.4, -0.2) is 41.7 Å². The standard InChI is InChI=1S/C9H24ClNO4Si3/c1-16(2,3)14-18(7,15-17(4,5)6)9(10)8-11(12)13/h9H,8H2,1-7H3. The second kappa shape index (κ2) is 6.14. The first kappa shape index (κ1) is 18.3. The summed E-state index contributed by atoms with van der Waals surface area (Å²) in [5.41, 5.74) is 0. The molecule has 0 amide bonds. The molecule has 0 aliphatic rings. The van der Waals surface area contributed by atoms with Gasteiger partial charge in [0.1, 0.15) is 5.00 Å². The molecule has 0 spiro atoms. The molecular formula is C9H24ClNO4Si3. The first-order valence-electron chi connectivity index (χ1n) is 5.91. The van der Waals surface area contributed by atoms with Crippen LogP contribution in [-0.2, 0) is 8.23 Å². The molecule has 18 heavy (non-hydrogen) atoms. The van der Waals surface area contributed by atoms with Gasteiger partial charge in [0.25, 0.3) is 0 Å². The Bertz CT molecular complexity index is 287. The molecule has 0 aromatic carbocycles. The lowest BCUT2D eigenvalue weighted by Gasteiger charge is -2.39. The quantitative estimate of drug-likeness (QED) is 0.311. The van der Waals surface area contributed by atoms with Crippen LogP contribution in [0.15, 0.2) is 0 Å². The van der Waals surface area contributed by atoms with Gasteiger partial charge in [-0.05, 0) is 45.8 Å². The lowest BCUT2D eigenvalue weighted by atomic mass is 10.8. The van der Waals surface area contributed by atoms with Gasteiger partial charge in [0.2, 0.25) is 6.54 Å². The minimum absolute atomic E-state index is 0.306. The van der Waals surface area contributed by atoms with Crippen LogP contribution in [0.5, 0.6) is 0 Å². The van der Waals surface area contributed by atoms with Crippen molar-refractivity contribution in [1.29, 1.82) is 0 Å². The monoisotopic (exact) mass is 329 g/mol. The third-order valence-electron chi connectivity index (χ3n) is 1.90. The number of nitro groups is 1. The fraction of sp³-hybridized carbons (Fsp3) is 1.00. The average molecular weight is 330 g/mol. The fourth-order valence-corrected chi connectivity index (χ4v) is 14.3. The minimum Gasteiger partial charge on any atom is -0.436 e. The number of hydrogen-bond acceptors (Lipinski definition) is 4. The van der Waals surface area contributed by atoms with E-state index in [1.807, 2.05) is 45.8 Å². The third-order valence-corrected chi connectivity index (χ3v) is 12.7. The molecule has 0 heterocycles. The molecule has 5 nitrogen and oxygen atoms in total. The molecule has 0 aliphatic carbocycles. The molecule has 0 saturated carbocycles. The van der Waals surface area contributed by atoms with Crippen LogP contribution in [0.25, 0.3) is 0 Å². The number of halogens is 1. The summed E-state index contributed by atoms with van der Waals surface area (Å²) in [6.07, 6.45) is 0. The van der Waals surface area contributed by atoms with Crippen molar-refractivity contribution in [2.75, 3.05) is 6.54 Å². The molecule has 9 heteroatoms. The summed E-state index contributed by atoms with van der Waals surface area (Å²) >= 11 is 6.21. The maximum atomic E-state index is 10.6. The Morgan fingerprint density at radius 2 is 1.39 bits per heavy atom. The van der Waals surface area contributed by atoms with Gasteiger partial charge in [0.05, 0.1) is 0 Å². The van der Waals surface area contributed by atoms with E-state index in [1.165, 1.54) is 0 Å². The Morgan fingerprint density at radius 1 is 1.06 bits per heavy atom. The van der Waals surface area contributed by atoms with Gasteiger partial charge in [-0.2, -0.15) is 0 Å². The van der Waals surface area contributed by atoms with Crippen LogP contribution in [0.3, 0.4) is 0 Å². The SMILES string of the molecule is C[Si](C)(C)O[Si](C)(O[Si](C)(C)C)C(Cl)C[N+](=O)[O-]. The van der Waals surface area contributed by atoms with Crippen molar-refractivity contribution >= 4 is 36.8 Å². The van der Waals surface area contributed by atoms with Crippen molar-refractivity contribution in [3.63, 3.8) is 0 Å². The van der Waals surface area contributed by atoms with E-state index < -0.39 is 35.1 Å². The fourth-order valence-electron chi connectivity index (χ4n) is 1.66. The van der Waals surface area contributed by atoms with E-state index in [2.05, 4.69) is 0 Å². The molecule has 1 atom stereocenters. The third kappa shape index (κ3) is 7.64.